The maximum atomic E-state index is 12.9. The molecule has 3 aromatic carbocycles. The number of rotatable bonds is 8. The van der Waals surface area contributed by atoms with Gasteiger partial charge in [-0.05, 0) is 60.9 Å². The van der Waals surface area contributed by atoms with E-state index in [0.29, 0.717) is 28.7 Å². The average Bonchev–Trinajstić information content (AvgIpc) is 3.41. The molecule has 2 amide bonds. The summed E-state index contributed by atoms with van der Waals surface area (Å²) in [6.07, 6.45) is 3.62. The number of para-hydroxylation sites is 1. The number of carbonyl (C=O) groups is 2. The minimum atomic E-state index is -0.270. The standard InChI is InChI=1S/C31H31N7O2/c1-19(2)18-38-27(14-15-34-38)25-7-5-6-23-17-33-31(37-28(23)25)35-24-13-8-20(3)26(16-24)36-30(40)22-11-9-21(10-12-22)29(39)32-4/h5-17,19H,18H2,1-4H3,(H,32,39)(H,36,40)(H,33,35,37). The maximum Gasteiger partial charge on any atom is 0.255 e. The van der Waals surface area contributed by atoms with Crippen molar-refractivity contribution in [2.24, 2.45) is 5.92 Å². The Morgan fingerprint density at radius 2 is 1.70 bits per heavy atom. The second-order valence-electron chi connectivity index (χ2n) is 9.99. The summed E-state index contributed by atoms with van der Waals surface area (Å²) >= 11 is 0. The molecular formula is C31H31N7O2. The molecule has 2 heterocycles. The van der Waals surface area contributed by atoms with Gasteiger partial charge in [-0.1, -0.05) is 38.1 Å². The van der Waals surface area contributed by atoms with Crippen molar-refractivity contribution in [2.75, 3.05) is 17.7 Å². The topological polar surface area (TPSA) is 114 Å². The van der Waals surface area contributed by atoms with Crippen LogP contribution in [-0.2, 0) is 6.54 Å². The van der Waals surface area contributed by atoms with Crippen molar-refractivity contribution in [3.63, 3.8) is 0 Å². The minimum absolute atomic E-state index is 0.203. The Labute approximate surface area is 232 Å². The molecule has 0 saturated carbocycles. The van der Waals surface area contributed by atoms with Crippen LogP contribution in [0, 0.1) is 12.8 Å². The quantitative estimate of drug-likeness (QED) is 0.232. The molecule has 0 saturated heterocycles. The summed E-state index contributed by atoms with van der Waals surface area (Å²) in [4.78, 5) is 34.1. The lowest BCUT2D eigenvalue weighted by Gasteiger charge is -2.13. The third-order valence-electron chi connectivity index (χ3n) is 6.52. The van der Waals surface area contributed by atoms with Gasteiger partial charge in [0.15, 0.2) is 0 Å². The van der Waals surface area contributed by atoms with E-state index >= 15 is 0 Å². The van der Waals surface area contributed by atoms with E-state index in [4.69, 9.17) is 4.98 Å². The number of hydrogen-bond donors (Lipinski definition) is 3. The van der Waals surface area contributed by atoms with E-state index in [2.05, 4.69) is 39.9 Å². The van der Waals surface area contributed by atoms with Gasteiger partial charge in [0.1, 0.15) is 0 Å². The lowest BCUT2D eigenvalue weighted by Crippen LogP contribution is -2.18. The van der Waals surface area contributed by atoms with Crippen LogP contribution in [0.3, 0.4) is 0 Å². The van der Waals surface area contributed by atoms with Crippen LogP contribution >= 0.6 is 0 Å². The van der Waals surface area contributed by atoms with Crippen molar-refractivity contribution in [1.29, 1.82) is 0 Å². The zero-order valence-electron chi connectivity index (χ0n) is 22.9. The highest BCUT2D eigenvalue weighted by atomic mass is 16.2. The number of anilines is 3. The van der Waals surface area contributed by atoms with Gasteiger partial charge in [0.25, 0.3) is 11.8 Å². The fourth-order valence-corrected chi connectivity index (χ4v) is 4.45. The molecule has 5 aromatic rings. The minimum Gasteiger partial charge on any atom is -0.355 e. The van der Waals surface area contributed by atoms with E-state index in [-0.39, 0.29) is 11.8 Å². The highest BCUT2D eigenvalue weighted by Gasteiger charge is 2.14. The number of hydrogen-bond acceptors (Lipinski definition) is 6. The van der Waals surface area contributed by atoms with E-state index in [9.17, 15) is 9.59 Å². The Morgan fingerprint density at radius 3 is 2.42 bits per heavy atom. The normalized spacial score (nSPS) is 11.0. The molecule has 0 atom stereocenters. The first-order valence-corrected chi connectivity index (χ1v) is 13.1. The Balaban J connectivity index is 1.39. The van der Waals surface area contributed by atoms with E-state index in [0.717, 1.165) is 40.0 Å². The molecule has 2 aromatic heterocycles. The van der Waals surface area contributed by atoms with Crippen LogP contribution in [0.2, 0.25) is 0 Å². The number of carbonyl (C=O) groups excluding carboxylic acids is 2. The molecule has 40 heavy (non-hydrogen) atoms. The monoisotopic (exact) mass is 533 g/mol. The lowest BCUT2D eigenvalue weighted by atomic mass is 10.1. The second-order valence-corrected chi connectivity index (χ2v) is 9.99. The summed E-state index contributed by atoms with van der Waals surface area (Å²) in [5.74, 6) is 0.429. The molecule has 0 radical (unpaired) electrons. The number of amides is 2. The fourth-order valence-electron chi connectivity index (χ4n) is 4.45. The number of aromatic nitrogens is 4. The molecule has 3 N–H and O–H groups in total. The zero-order chi connectivity index (χ0) is 28.2. The largest absolute Gasteiger partial charge is 0.355 e. The van der Waals surface area contributed by atoms with Crippen LogP contribution in [0.15, 0.2) is 79.1 Å². The van der Waals surface area contributed by atoms with Gasteiger partial charge in [0.05, 0.1) is 11.2 Å². The Kier molecular flexibility index (Phi) is 7.54. The first kappa shape index (κ1) is 26.6. The van der Waals surface area contributed by atoms with Crippen LogP contribution in [0.5, 0.6) is 0 Å². The number of nitrogens with zero attached hydrogens (tertiary/aromatic N) is 4. The molecule has 0 aliphatic carbocycles. The van der Waals surface area contributed by atoms with Crippen LogP contribution in [0.1, 0.15) is 40.1 Å². The van der Waals surface area contributed by atoms with Crippen molar-refractivity contribution in [3.05, 3.63) is 95.8 Å². The molecule has 9 heteroatoms. The average molecular weight is 534 g/mol. The van der Waals surface area contributed by atoms with E-state index in [1.807, 2.05) is 60.3 Å². The molecule has 9 nitrogen and oxygen atoms in total. The number of nitrogens with one attached hydrogen (secondary N) is 3. The summed E-state index contributed by atoms with van der Waals surface area (Å²) in [6.45, 7) is 7.07. The molecule has 0 aliphatic heterocycles. The van der Waals surface area contributed by atoms with Gasteiger partial charge in [-0.25, -0.2) is 9.97 Å². The van der Waals surface area contributed by atoms with E-state index in [1.54, 1.807) is 37.5 Å². The van der Waals surface area contributed by atoms with Crippen molar-refractivity contribution >= 4 is 40.0 Å². The van der Waals surface area contributed by atoms with Crippen molar-refractivity contribution < 1.29 is 9.59 Å². The third-order valence-corrected chi connectivity index (χ3v) is 6.52. The number of fused-ring (bicyclic) bond motifs is 1. The number of aryl methyl sites for hydroxylation is 1. The first-order chi connectivity index (χ1) is 19.3. The molecular weight excluding hydrogens is 502 g/mol. The maximum absolute atomic E-state index is 12.9. The fraction of sp³-hybridized carbons (Fsp3) is 0.194. The van der Waals surface area contributed by atoms with E-state index in [1.165, 1.54) is 0 Å². The Morgan fingerprint density at radius 1 is 0.950 bits per heavy atom. The summed E-state index contributed by atoms with van der Waals surface area (Å²) in [6, 6.07) is 20.2. The van der Waals surface area contributed by atoms with Crippen molar-refractivity contribution in [3.8, 4) is 11.3 Å². The molecule has 0 aliphatic rings. The van der Waals surface area contributed by atoms with Gasteiger partial charge in [-0.15, -0.1) is 0 Å². The SMILES string of the molecule is CNC(=O)c1ccc(C(=O)Nc2cc(Nc3ncc4cccc(-c5ccnn5CC(C)C)c4n3)ccc2C)cc1. The summed E-state index contributed by atoms with van der Waals surface area (Å²) in [5.41, 5.74) is 6.05. The van der Waals surface area contributed by atoms with Gasteiger partial charge in [0.2, 0.25) is 5.95 Å². The molecule has 0 unspecified atom stereocenters. The third kappa shape index (κ3) is 5.68. The predicted molar refractivity (Wildman–Crippen MR) is 158 cm³/mol. The second kappa shape index (κ2) is 11.4. The zero-order valence-corrected chi connectivity index (χ0v) is 22.9. The van der Waals surface area contributed by atoms with Gasteiger partial charge >= 0.3 is 0 Å². The van der Waals surface area contributed by atoms with Gasteiger partial charge < -0.3 is 16.0 Å². The Hall–Kier alpha value is -5.05. The van der Waals surface area contributed by atoms with Gasteiger partial charge in [-0.3, -0.25) is 14.3 Å². The highest BCUT2D eigenvalue weighted by Crippen LogP contribution is 2.29. The van der Waals surface area contributed by atoms with Crippen LogP contribution in [0.4, 0.5) is 17.3 Å². The van der Waals surface area contributed by atoms with Crippen molar-refractivity contribution in [1.82, 2.24) is 25.1 Å². The number of benzene rings is 3. The van der Waals surface area contributed by atoms with Crippen LogP contribution in [0.25, 0.3) is 22.2 Å². The molecule has 5 rings (SSSR count). The molecule has 0 spiro atoms. The predicted octanol–water partition coefficient (Wildman–Crippen LogP) is 5.81. The summed E-state index contributed by atoms with van der Waals surface area (Å²) < 4.78 is 2.01. The van der Waals surface area contributed by atoms with E-state index < -0.39 is 0 Å². The van der Waals surface area contributed by atoms with Gasteiger partial charge in [0, 0.05) is 59.4 Å². The molecule has 0 bridgehead atoms. The Bertz CT molecular complexity index is 1690. The summed E-state index contributed by atoms with van der Waals surface area (Å²) in [5, 5.41) is 14.3. The molecule has 0 fully saturated rings. The van der Waals surface area contributed by atoms with Gasteiger partial charge in [-0.2, -0.15) is 5.10 Å². The highest BCUT2D eigenvalue weighted by molar-refractivity contribution is 6.05. The first-order valence-electron chi connectivity index (χ1n) is 13.1. The van der Waals surface area contributed by atoms with Crippen LogP contribution < -0.4 is 16.0 Å². The van der Waals surface area contributed by atoms with Crippen molar-refractivity contribution in [2.45, 2.75) is 27.3 Å². The molecule has 202 valence electrons. The lowest BCUT2D eigenvalue weighted by molar-refractivity contribution is 0.0961. The smallest absolute Gasteiger partial charge is 0.255 e. The summed E-state index contributed by atoms with van der Waals surface area (Å²) in [7, 11) is 1.57. The van der Waals surface area contributed by atoms with Crippen LogP contribution in [-0.4, -0.2) is 38.6 Å².